The van der Waals surface area contributed by atoms with Crippen LogP contribution in [-0.2, 0) is 19.6 Å². The molecule has 8 N–H and O–H groups in total. The number of phenols is 2. The van der Waals surface area contributed by atoms with E-state index in [1.54, 1.807) is 12.1 Å². The maximum atomic E-state index is 12.8. The summed E-state index contributed by atoms with van der Waals surface area (Å²) >= 11 is 0. The molecular formula is C38H53N5O8. The third-order valence-corrected chi connectivity index (χ3v) is 8.98. The van der Waals surface area contributed by atoms with E-state index in [0.717, 1.165) is 63.1 Å². The van der Waals surface area contributed by atoms with Gasteiger partial charge in [-0.2, -0.15) is 0 Å². The first-order valence-electron chi connectivity index (χ1n) is 17.5. The summed E-state index contributed by atoms with van der Waals surface area (Å²) in [6.07, 6.45) is -0.318. The molecule has 1 heterocycles. The summed E-state index contributed by atoms with van der Waals surface area (Å²) in [5.41, 5.74) is 4.02. The summed E-state index contributed by atoms with van der Waals surface area (Å²) in [5, 5.41) is 64.7. The fourth-order valence-corrected chi connectivity index (χ4v) is 6.53. The zero-order valence-corrected chi connectivity index (χ0v) is 29.6. The number of phenolic OH excluding ortho intramolecular Hbond substituents is 2. The van der Waals surface area contributed by atoms with Gasteiger partial charge >= 0.3 is 0 Å². The predicted octanol–water partition coefficient (Wildman–Crippen LogP) is 1.79. The fraction of sp³-hybridized carbons (Fsp3) is 0.474. The molecule has 3 aromatic carbocycles. The Morgan fingerprint density at radius 3 is 1.37 bits per heavy atom. The summed E-state index contributed by atoms with van der Waals surface area (Å²) in [5.74, 6) is -1.68. The molecule has 51 heavy (non-hydrogen) atoms. The van der Waals surface area contributed by atoms with Crippen molar-refractivity contribution in [1.29, 1.82) is 0 Å². The number of aliphatic hydroxyl groups is 4. The zero-order chi connectivity index (χ0) is 36.9. The van der Waals surface area contributed by atoms with Gasteiger partial charge in [0.05, 0.1) is 24.3 Å². The van der Waals surface area contributed by atoms with Crippen LogP contribution in [0.15, 0.2) is 54.6 Å². The summed E-state index contributed by atoms with van der Waals surface area (Å²) in [7, 11) is 0. The topological polar surface area (TPSA) is 189 Å². The normalized spacial score (nSPS) is 16.8. The minimum atomic E-state index is -1.44. The minimum absolute atomic E-state index is 0.0314. The molecular weight excluding hydrogens is 654 g/mol. The van der Waals surface area contributed by atoms with Gasteiger partial charge in [-0.3, -0.25) is 24.3 Å². The fourth-order valence-electron chi connectivity index (χ4n) is 6.53. The molecule has 13 heteroatoms. The number of hydrogen-bond donors (Lipinski definition) is 8. The van der Waals surface area contributed by atoms with Crippen molar-refractivity contribution in [1.82, 2.24) is 25.3 Å². The first kappa shape index (κ1) is 39.7. The van der Waals surface area contributed by atoms with E-state index in [-0.39, 0.29) is 22.6 Å². The van der Waals surface area contributed by atoms with E-state index in [2.05, 4.69) is 37.5 Å². The summed E-state index contributed by atoms with van der Waals surface area (Å²) in [6, 6.07) is 17.1. The van der Waals surface area contributed by atoms with Crippen molar-refractivity contribution in [2.45, 2.75) is 65.2 Å². The second-order valence-electron chi connectivity index (χ2n) is 13.4. The molecule has 0 aliphatic carbocycles. The lowest BCUT2D eigenvalue weighted by atomic mass is 10.0. The Morgan fingerprint density at radius 1 is 0.627 bits per heavy atom. The molecule has 0 spiro atoms. The second kappa shape index (κ2) is 19.5. The number of carbonyl (C=O) groups excluding carboxylic acids is 2. The van der Waals surface area contributed by atoms with Crippen LogP contribution in [0.4, 0.5) is 0 Å². The number of amides is 2. The van der Waals surface area contributed by atoms with Gasteiger partial charge in [0.25, 0.3) is 11.8 Å². The summed E-state index contributed by atoms with van der Waals surface area (Å²) in [4.78, 5) is 32.5. The monoisotopic (exact) mass is 707 g/mol. The Balaban J connectivity index is 1.56. The van der Waals surface area contributed by atoms with Crippen molar-refractivity contribution in [3.05, 3.63) is 93.5 Å². The molecule has 0 radical (unpaired) electrons. The molecule has 278 valence electrons. The number of hydrogen-bond acceptors (Lipinski definition) is 11. The molecule has 2 atom stereocenters. The number of rotatable bonds is 12. The van der Waals surface area contributed by atoms with Gasteiger partial charge < -0.3 is 41.3 Å². The van der Waals surface area contributed by atoms with Gasteiger partial charge in [0.1, 0.15) is 24.0 Å². The van der Waals surface area contributed by atoms with Gasteiger partial charge in [-0.1, -0.05) is 42.5 Å². The molecule has 1 fully saturated rings. The number of aryl methyl sites for hydroxylation is 2. The zero-order valence-electron chi connectivity index (χ0n) is 29.6. The Labute approximate surface area is 299 Å². The van der Waals surface area contributed by atoms with Crippen LogP contribution in [0.3, 0.4) is 0 Å². The van der Waals surface area contributed by atoms with Crippen LogP contribution < -0.4 is 10.6 Å². The van der Waals surface area contributed by atoms with Crippen LogP contribution in [0.25, 0.3) is 0 Å². The largest absolute Gasteiger partial charge is 0.507 e. The third-order valence-electron chi connectivity index (χ3n) is 8.98. The van der Waals surface area contributed by atoms with E-state index < -0.39 is 37.5 Å². The standard InChI is InChI=1S/C38H53N5O8/c1-26-17-29(35(48)31(19-26)37(50)39-33(46)24-44)22-42-13-6-11-41(21-28-9-4-3-5-10-28)12-7-14-43(16-8-15-42)23-30-18-27(2)20-32(36(30)49)38(51)40-34(47)25-45/h3-5,9-10,17-20,33-34,44-49H,6-8,11-16,21-25H2,1-2H3,(H,39,50)(H,40,51). The highest BCUT2D eigenvalue weighted by Gasteiger charge is 2.22. The predicted molar refractivity (Wildman–Crippen MR) is 193 cm³/mol. The molecule has 0 saturated carbocycles. The van der Waals surface area contributed by atoms with Gasteiger partial charge in [0.15, 0.2) is 0 Å². The van der Waals surface area contributed by atoms with Crippen LogP contribution in [-0.4, -0.2) is 122 Å². The number of nitrogens with zero attached hydrogens (tertiary/aromatic N) is 3. The second-order valence-corrected chi connectivity index (χ2v) is 13.4. The van der Waals surface area contributed by atoms with Crippen LogP contribution >= 0.6 is 0 Å². The first-order valence-corrected chi connectivity index (χ1v) is 17.5. The molecule has 0 aromatic heterocycles. The third kappa shape index (κ3) is 12.0. The molecule has 4 rings (SSSR count). The van der Waals surface area contributed by atoms with Crippen molar-refractivity contribution in [3.63, 3.8) is 0 Å². The number of nitrogens with one attached hydrogen (secondary N) is 2. The van der Waals surface area contributed by atoms with Gasteiger partial charge in [0.2, 0.25) is 0 Å². The van der Waals surface area contributed by atoms with Crippen molar-refractivity contribution >= 4 is 11.8 Å². The average Bonchev–Trinajstić information content (AvgIpc) is 3.10. The Bertz CT molecular complexity index is 1490. The molecule has 1 aliphatic rings. The Morgan fingerprint density at radius 2 is 1.00 bits per heavy atom. The van der Waals surface area contributed by atoms with E-state index in [9.17, 15) is 30.0 Å². The van der Waals surface area contributed by atoms with E-state index in [1.807, 2.05) is 44.2 Å². The Hall–Kier alpha value is -4.08. The van der Waals surface area contributed by atoms with Crippen molar-refractivity contribution in [2.24, 2.45) is 0 Å². The lowest BCUT2D eigenvalue weighted by Crippen LogP contribution is -2.37. The van der Waals surface area contributed by atoms with Gasteiger partial charge in [-0.15, -0.1) is 0 Å². The lowest BCUT2D eigenvalue weighted by Gasteiger charge is -2.31. The van der Waals surface area contributed by atoms with Crippen molar-refractivity contribution in [3.8, 4) is 11.5 Å². The molecule has 1 aliphatic heterocycles. The highest BCUT2D eigenvalue weighted by molar-refractivity contribution is 5.98. The highest BCUT2D eigenvalue weighted by atomic mass is 16.3. The maximum Gasteiger partial charge on any atom is 0.257 e. The first-order chi connectivity index (χ1) is 24.5. The molecule has 2 unspecified atom stereocenters. The van der Waals surface area contributed by atoms with Crippen molar-refractivity contribution in [2.75, 3.05) is 52.5 Å². The van der Waals surface area contributed by atoms with Gasteiger partial charge in [0, 0.05) is 30.8 Å². The van der Waals surface area contributed by atoms with E-state index in [1.165, 1.54) is 5.56 Å². The quantitative estimate of drug-likeness (QED) is 0.128. The molecule has 3 aromatic rings. The smallest absolute Gasteiger partial charge is 0.257 e. The van der Waals surface area contributed by atoms with Crippen LogP contribution in [0.2, 0.25) is 0 Å². The lowest BCUT2D eigenvalue weighted by molar-refractivity contribution is 0.0540. The van der Waals surface area contributed by atoms with Crippen LogP contribution in [0.1, 0.15) is 67.8 Å². The minimum Gasteiger partial charge on any atom is -0.507 e. The molecule has 1 saturated heterocycles. The Kier molecular flexibility index (Phi) is 15.2. The summed E-state index contributed by atoms with van der Waals surface area (Å²) < 4.78 is 0. The maximum absolute atomic E-state index is 12.8. The average molecular weight is 708 g/mol. The highest BCUT2D eigenvalue weighted by Crippen LogP contribution is 2.28. The number of benzene rings is 3. The van der Waals surface area contributed by atoms with Gasteiger partial charge in [-0.05, 0) is 101 Å². The van der Waals surface area contributed by atoms with E-state index in [0.29, 0.717) is 37.3 Å². The van der Waals surface area contributed by atoms with Crippen LogP contribution in [0, 0.1) is 13.8 Å². The molecule has 2 amide bonds. The SMILES string of the molecule is Cc1cc(CN2CCCN(Cc3ccccc3)CCCN(Cc3cc(C)cc(C(=O)NC(O)CO)c3O)CCC2)c(O)c(C(=O)NC(O)CO)c1. The van der Waals surface area contributed by atoms with E-state index >= 15 is 0 Å². The van der Waals surface area contributed by atoms with Crippen LogP contribution in [0.5, 0.6) is 11.5 Å². The number of aromatic hydroxyl groups is 2. The number of aliphatic hydroxyl groups excluding tert-OH is 4. The number of carbonyl (C=O) groups is 2. The van der Waals surface area contributed by atoms with Gasteiger partial charge in [-0.25, -0.2) is 0 Å². The van der Waals surface area contributed by atoms with Crippen molar-refractivity contribution < 1.29 is 40.2 Å². The molecule has 0 bridgehead atoms. The molecule has 13 nitrogen and oxygen atoms in total. The summed E-state index contributed by atoms with van der Waals surface area (Å²) in [6.45, 7) is 8.57. The van der Waals surface area contributed by atoms with E-state index in [4.69, 9.17) is 10.2 Å².